The molecule has 0 saturated heterocycles. The molecule has 0 atom stereocenters. The Morgan fingerprint density at radius 3 is 2.79 bits per heavy atom. The van der Waals surface area contributed by atoms with Crippen molar-refractivity contribution < 1.29 is 5.11 Å². The molecule has 0 bridgehead atoms. The fourth-order valence-corrected chi connectivity index (χ4v) is 1.39. The van der Waals surface area contributed by atoms with Gasteiger partial charge in [-0.15, -0.1) is 5.10 Å². The van der Waals surface area contributed by atoms with E-state index >= 15 is 0 Å². The Balaban J connectivity index is 2.74. The zero-order chi connectivity index (χ0) is 10.3. The zero-order valence-electron chi connectivity index (χ0n) is 8.39. The second-order valence-electron chi connectivity index (χ2n) is 3.61. The highest BCUT2D eigenvalue weighted by Crippen LogP contribution is 2.25. The summed E-state index contributed by atoms with van der Waals surface area (Å²) in [6, 6.07) is 1.88. The Kier molecular flexibility index (Phi) is 1.87. The smallest absolute Gasteiger partial charge is 0.216 e. The first kappa shape index (κ1) is 8.93. The van der Waals surface area contributed by atoms with Crippen LogP contribution in [0.2, 0.25) is 0 Å². The van der Waals surface area contributed by atoms with Gasteiger partial charge in [0.15, 0.2) is 0 Å². The van der Waals surface area contributed by atoms with Crippen LogP contribution < -0.4 is 0 Å². The second-order valence-corrected chi connectivity index (χ2v) is 3.61. The van der Waals surface area contributed by atoms with E-state index in [1.807, 2.05) is 19.9 Å². The van der Waals surface area contributed by atoms with Crippen molar-refractivity contribution in [3.63, 3.8) is 0 Å². The fourth-order valence-electron chi connectivity index (χ4n) is 1.39. The van der Waals surface area contributed by atoms with Crippen LogP contribution >= 0.6 is 0 Å². The van der Waals surface area contributed by atoms with E-state index in [0.29, 0.717) is 5.65 Å². The normalized spacial score (nSPS) is 11.4. The van der Waals surface area contributed by atoms with Gasteiger partial charge in [-0.05, 0) is 12.0 Å². The molecule has 2 aromatic rings. The van der Waals surface area contributed by atoms with Crippen LogP contribution in [0.3, 0.4) is 0 Å². The van der Waals surface area contributed by atoms with E-state index in [1.165, 1.54) is 0 Å². The second kappa shape index (κ2) is 2.94. The summed E-state index contributed by atoms with van der Waals surface area (Å²) in [4.78, 5) is 3.98. The third kappa shape index (κ3) is 1.21. The maximum atomic E-state index is 9.60. The molecule has 1 N–H and O–H groups in total. The Hall–Kier alpha value is -1.65. The van der Waals surface area contributed by atoms with E-state index in [2.05, 4.69) is 15.3 Å². The van der Waals surface area contributed by atoms with Gasteiger partial charge in [-0.1, -0.05) is 19.1 Å². The number of fused-ring (bicyclic) bond motifs is 1. The summed E-state index contributed by atoms with van der Waals surface area (Å²) < 4.78 is 1.65. The minimum Gasteiger partial charge on any atom is -0.493 e. The zero-order valence-corrected chi connectivity index (χ0v) is 8.39. The number of aromatic nitrogens is 4. The standard InChI is InChI=1S/C9H12N4O/c1-5(2)6-4-7-8(10-9(6)14)11-12-13(7)3/h4-5H,1-3H3,(H,10,14). The number of aryl methyl sites for hydroxylation is 1. The van der Waals surface area contributed by atoms with E-state index in [1.54, 1.807) is 11.7 Å². The van der Waals surface area contributed by atoms with Crippen LogP contribution in [0.15, 0.2) is 6.07 Å². The maximum Gasteiger partial charge on any atom is 0.216 e. The van der Waals surface area contributed by atoms with Crippen LogP contribution in [0.4, 0.5) is 0 Å². The fraction of sp³-hybridized carbons (Fsp3) is 0.444. The SMILES string of the molecule is CC(C)c1cc2c(nnn2C)nc1O. The van der Waals surface area contributed by atoms with Crippen LogP contribution in [-0.4, -0.2) is 25.1 Å². The number of hydrogen-bond donors (Lipinski definition) is 1. The number of aromatic hydroxyl groups is 1. The molecule has 2 aromatic heterocycles. The van der Waals surface area contributed by atoms with Gasteiger partial charge in [0, 0.05) is 12.6 Å². The monoisotopic (exact) mass is 192 g/mol. The summed E-state index contributed by atoms with van der Waals surface area (Å²) in [5.74, 6) is 0.287. The summed E-state index contributed by atoms with van der Waals surface area (Å²) in [5.41, 5.74) is 2.14. The largest absolute Gasteiger partial charge is 0.493 e. The number of hydrogen-bond acceptors (Lipinski definition) is 4. The van der Waals surface area contributed by atoms with Crippen molar-refractivity contribution in [2.24, 2.45) is 7.05 Å². The van der Waals surface area contributed by atoms with E-state index in [-0.39, 0.29) is 11.8 Å². The Morgan fingerprint density at radius 2 is 2.14 bits per heavy atom. The first-order valence-corrected chi connectivity index (χ1v) is 4.49. The van der Waals surface area contributed by atoms with Crippen LogP contribution in [0.1, 0.15) is 25.3 Å². The van der Waals surface area contributed by atoms with Crippen molar-refractivity contribution >= 4 is 11.2 Å². The van der Waals surface area contributed by atoms with Gasteiger partial charge in [-0.2, -0.15) is 4.98 Å². The Bertz CT molecular complexity index is 475. The van der Waals surface area contributed by atoms with Gasteiger partial charge < -0.3 is 5.11 Å². The minimum absolute atomic E-state index is 0.0491. The molecule has 74 valence electrons. The van der Waals surface area contributed by atoms with Gasteiger partial charge in [-0.25, -0.2) is 4.68 Å². The van der Waals surface area contributed by atoms with E-state index in [0.717, 1.165) is 11.1 Å². The lowest BCUT2D eigenvalue weighted by atomic mass is 10.1. The van der Waals surface area contributed by atoms with Crippen molar-refractivity contribution in [1.29, 1.82) is 0 Å². The topological polar surface area (TPSA) is 63.8 Å². The molecule has 2 rings (SSSR count). The Labute approximate surface area is 81.4 Å². The lowest BCUT2D eigenvalue weighted by Gasteiger charge is -2.06. The maximum absolute atomic E-state index is 9.60. The highest BCUT2D eigenvalue weighted by Gasteiger charge is 2.12. The van der Waals surface area contributed by atoms with Gasteiger partial charge in [-0.3, -0.25) is 0 Å². The summed E-state index contributed by atoms with van der Waals surface area (Å²) in [6.07, 6.45) is 0. The third-order valence-electron chi connectivity index (χ3n) is 2.24. The highest BCUT2D eigenvalue weighted by atomic mass is 16.3. The molecule has 0 aliphatic rings. The van der Waals surface area contributed by atoms with Crippen LogP contribution in [-0.2, 0) is 7.05 Å². The molecule has 0 saturated carbocycles. The third-order valence-corrected chi connectivity index (χ3v) is 2.24. The predicted octanol–water partition coefficient (Wildman–Crippen LogP) is 1.19. The lowest BCUT2D eigenvalue weighted by molar-refractivity contribution is 0.445. The van der Waals surface area contributed by atoms with Gasteiger partial charge in [0.2, 0.25) is 11.5 Å². The molecule has 0 unspecified atom stereocenters. The van der Waals surface area contributed by atoms with E-state index < -0.39 is 0 Å². The van der Waals surface area contributed by atoms with E-state index in [9.17, 15) is 5.11 Å². The molecule has 0 spiro atoms. The molecule has 0 aliphatic heterocycles. The van der Waals surface area contributed by atoms with Crippen molar-refractivity contribution in [3.8, 4) is 5.88 Å². The van der Waals surface area contributed by atoms with Gasteiger partial charge in [0.25, 0.3) is 0 Å². The molecule has 0 amide bonds. The minimum atomic E-state index is 0.0491. The van der Waals surface area contributed by atoms with Crippen LogP contribution in [0.5, 0.6) is 5.88 Å². The average molecular weight is 192 g/mol. The summed E-state index contributed by atoms with van der Waals surface area (Å²) >= 11 is 0. The van der Waals surface area contributed by atoms with Crippen LogP contribution in [0, 0.1) is 0 Å². The molecule has 0 fully saturated rings. The first-order valence-electron chi connectivity index (χ1n) is 4.49. The lowest BCUT2D eigenvalue weighted by Crippen LogP contribution is -1.94. The molecule has 0 aromatic carbocycles. The van der Waals surface area contributed by atoms with Crippen LogP contribution in [0.25, 0.3) is 11.2 Å². The van der Waals surface area contributed by atoms with Crippen molar-refractivity contribution in [1.82, 2.24) is 20.0 Å². The molecule has 0 aliphatic carbocycles. The molecular weight excluding hydrogens is 180 g/mol. The molecule has 0 radical (unpaired) electrons. The quantitative estimate of drug-likeness (QED) is 0.737. The summed E-state index contributed by atoms with van der Waals surface area (Å²) in [5, 5.41) is 17.3. The molecule has 2 heterocycles. The first-order chi connectivity index (χ1) is 6.59. The van der Waals surface area contributed by atoms with Crippen molar-refractivity contribution in [2.75, 3.05) is 0 Å². The predicted molar refractivity (Wildman–Crippen MR) is 52.1 cm³/mol. The number of pyridine rings is 1. The summed E-state index contributed by atoms with van der Waals surface area (Å²) in [6.45, 7) is 4.01. The number of rotatable bonds is 1. The molecule has 5 nitrogen and oxygen atoms in total. The Morgan fingerprint density at radius 1 is 1.43 bits per heavy atom. The van der Waals surface area contributed by atoms with Crippen molar-refractivity contribution in [2.45, 2.75) is 19.8 Å². The number of nitrogens with zero attached hydrogens (tertiary/aromatic N) is 4. The van der Waals surface area contributed by atoms with Gasteiger partial charge in [0.05, 0.1) is 0 Å². The van der Waals surface area contributed by atoms with Crippen molar-refractivity contribution in [3.05, 3.63) is 11.6 Å². The average Bonchev–Trinajstić information content (AvgIpc) is 2.46. The van der Waals surface area contributed by atoms with E-state index in [4.69, 9.17) is 0 Å². The van der Waals surface area contributed by atoms with Gasteiger partial charge >= 0.3 is 0 Å². The highest BCUT2D eigenvalue weighted by molar-refractivity contribution is 5.71. The van der Waals surface area contributed by atoms with Gasteiger partial charge in [0.1, 0.15) is 5.52 Å². The summed E-state index contributed by atoms with van der Waals surface area (Å²) in [7, 11) is 1.80. The molecular formula is C9H12N4O. The molecule has 14 heavy (non-hydrogen) atoms. The molecule has 5 heteroatoms.